The molecular formula is C28H54O4. The molecule has 2 unspecified atom stereocenters. The van der Waals surface area contributed by atoms with Crippen molar-refractivity contribution in [3.63, 3.8) is 0 Å². The number of unbranched alkanes of at least 4 members (excludes halogenated alkanes) is 9. The van der Waals surface area contributed by atoms with Crippen molar-refractivity contribution in [2.45, 2.75) is 131 Å². The average Bonchev–Trinajstić information content (AvgIpc) is 2.74. The van der Waals surface area contributed by atoms with Crippen molar-refractivity contribution in [2.24, 2.45) is 23.7 Å². The first-order valence-corrected chi connectivity index (χ1v) is 13.7. The van der Waals surface area contributed by atoms with Crippen LogP contribution in [0.1, 0.15) is 131 Å². The summed E-state index contributed by atoms with van der Waals surface area (Å²) < 4.78 is 10.9. The van der Waals surface area contributed by atoms with Crippen molar-refractivity contribution in [3.8, 4) is 0 Å². The van der Waals surface area contributed by atoms with Gasteiger partial charge in [-0.1, -0.05) is 99.3 Å². The number of carbonyl (C=O) groups excluding carboxylic acids is 2. The molecule has 0 aromatic carbocycles. The summed E-state index contributed by atoms with van der Waals surface area (Å²) in [6, 6.07) is 0. The lowest BCUT2D eigenvalue weighted by atomic mass is 9.74. The molecule has 0 aliphatic carbocycles. The Balaban J connectivity index is 4.12. The van der Waals surface area contributed by atoms with Crippen molar-refractivity contribution in [2.75, 3.05) is 13.2 Å². The molecule has 32 heavy (non-hydrogen) atoms. The lowest BCUT2D eigenvalue weighted by molar-refractivity contribution is -0.153. The zero-order valence-electron chi connectivity index (χ0n) is 22.3. The predicted molar refractivity (Wildman–Crippen MR) is 135 cm³/mol. The Morgan fingerprint density at radius 3 is 1.69 bits per heavy atom. The van der Waals surface area contributed by atoms with Crippen molar-refractivity contribution in [3.05, 3.63) is 0 Å². The molecule has 0 aliphatic rings. The van der Waals surface area contributed by atoms with Gasteiger partial charge in [-0.3, -0.25) is 9.59 Å². The summed E-state index contributed by atoms with van der Waals surface area (Å²) in [4.78, 5) is 24.5. The van der Waals surface area contributed by atoms with Gasteiger partial charge in [-0.05, 0) is 43.4 Å². The van der Waals surface area contributed by atoms with Crippen molar-refractivity contribution < 1.29 is 19.1 Å². The second-order valence-corrected chi connectivity index (χ2v) is 10.1. The third-order valence-corrected chi connectivity index (χ3v) is 6.48. The van der Waals surface area contributed by atoms with Crippen LogP contribution in [0.25, 0.3) is 0 Å². The molecule has 2 atom stereocenters. The highest BCUT2D eigenvalue weighted by atomic mass is 16.5. The first-order chi connectivity index (χ1) is 15.3. The van der Waals surface area contributed by atoms with Gasteiger partial charge in [-0.2, -0.15) is 0 Å². The molecule has 0 fully saturated rings. The molecule has 4 heteroatoms. The van der Waals surface area contributed by atoms with Gasteiger partial charge in [-0.15, -0.1) is 0 Å². The smallest absolute Gasteiger partial charge is 0.309 e. The van der Waals surface area contributed by atoms with Gasteiger partial charge < -0.3 is 9.47 Å². The molecular weight excluding hydrogens is 400 g/mol. The third-order valence-electron chi connectivity index (χ3n) is 6.48. The number of esters is 2. The zero-order chi connectivity index (χ0) is 24.2. The van der Waals surface area contributed by atoms with E-state index in [1.165, 1.54) is 19.3 Å². The molecule has 0 aromatic heterocycles. The summed E-state index contributed by atoms with van der Waals surface area (Å²) in [6.45, 7) is 14.2. The van der Waals surface area contributed by atoms with Crippen LogP contribution in [0.3, 0.4) is 0 Å². The summed E-state index contributed by atoms with van der Waals surface area (Å²) in [6.07, 6.45) is 14.9. The van der Waals surface area contributed by atoms with E-state index < -0.39 is 0 Å². The standard InChI is InChI=1S/C28H54O4/c1-7-9-17-21-31-26(29)20-16-14-12-11-13-15-19-25(23(3)4)27(24(5)6)28(30)32-22-18-10-8-2/h23-25,27H,7-22H2,1-6H3. The van der Waals surface area contributed by atoms with Gasteiger partial charge in [0, 0.05) is 6.42 Å². The number of hydrogen-bond acceptors (Lipinski definition) is 4. The van der Waals surface area contributed by atoms with E-state index >= 15 is 0 Å². The van der Waals surface area contributed by atoms with Gasteiger partial charge in [0.1, 0.15) is 0 Å². The Bertz CT molecular complexity index is 458. The topological polar surface area (TPSA) is 52.6 Å². The van der Waals surface area contributed by atoms with Crippen molar-refractivity contribution >= 4 is 11.9 Å². The highest BCUT2D eigenvalue weighted by molar-refractivity contribution is 5.73. The van der Waals surface area contributed by atoms with Crippen LogP contribution in [0.4, 0.5) is 0 Å². The lowest BCUT2D eigenvalue weighted by Gasteiger charge is -2.31. The lowest BCUT2D eigenvalue weighted by Crippen LogP contribution is -2.33. The van der Waals surface area contributed by atoms with Crippen molar-refractivity contribution in [1.82, 2.24) is 0 Å². The highest BCUT2D eigenvalue weighted by Gasteiger charge is 2.33. The molecule has 4 nitrogen and oxygen atoms in total. The van der Waals surface area contributed by atoms with Crippen LogP contribution in [-0.4, -0.2) is 25.2 Å². The maximum absolute atomic E-state index is 12.8. The molecule has 0 saturated heterocycles. The number of carbonyl (C=O) groups is 2. The van der Waals surface area contributed by atoms with E-state index in [9.17, 15) is 9.59 Å². The fourth-order valence-corrected chi connectivity index (χ4v) is 4.46. The normalized spacial score (nSPS) is 13.4. The van der Waals surface area contributed by atoms with E-state index in [-0.39, 0.29) is 17.9 Å². The van der Waals surface area contributed by atoms with Crippen LogP contribution < -0.4 is 0 Å². The van der Waals surface area contributed by atoms with E-state index in [4.69, 9.17) is 9.47 Å². The average molecular weight is 455 g/mol. The molecule has 0 saturated carbocycles. The van der Waals surface area contributed by atoms with Crippen LogP contribution in [0.5, 0.6) is 0 Å². The van der Waals surface area contributed by atoms with E-state index in [1.54, 1.807) is 0 Å². The van der Waals surface area contributed by atoms with Gasteiger partial charge in [0.25, 0.3) is 0 Å². The predicted octanol–water partition coefficient (Wildman–Crippen LogP) is 8.12. The Labute approximate surface area is 199 Å². The fourth-order valence-electron chi connectivity index (χ4n) is 4.46. The van der Waals surface area contributed by atoms with Crippen molar-refractivity contribution in [1.29, 1.82) is 0 Å². The Kier molecular flexibility index (Phi) is 19.9. The zero-order valence-corrected chi connectivity index (χ0v) is 22.3. The largest absolute Gasteiger partial charge is 0.466 e. The Morgan fingerprint density at radius 1 is 0.625 bits per heavy atom. The second kappa shape index (κ2) is 20.5. The van der Waals surface area contributed by atoms with E-state index in [1.807, 2.05) is 0 Å². The maximum Gasteiger partial charge on any atom is 0.309 e. The molecule has 0 spiro atoms. The minimum atomic E-state index is -0.0396. The number of ether oxygens (including phenoxy) is 2. The monoisotopic (exact) mass is 454 g/mol. The number of hydrogen-bond donors (Lipinski definition) is 0. The molecule has 0 N–H and O–H groups in total. The van der Waals surface area contributed by atoms with Gasteiger partial charge in [0.2, 0.25) is 0 Å². The first-order valence-electron chi connectivity index (χ1n) is 13.7. The van der Waals surface area contributed by atoms with Crippen LogP contribution in [-0.2, 0) is 19.1 Å². The molecule has 0 heterocycles. The van der Waals surface area contributed by atoms with Gasteiger partial charge in [0.15, 0.2) is 0 Å². The minimum Gasteiger partial charge on any atom is -0.466 e. The first kappa shape index (κ1) is 30.9. The minimum absolute atomic E-state index is 0.0000322. The van der Waals surface area contributed by atoms with Crippen LogP contribution in [0.2, 0.25) is 0 Å². The molecule has 0 aliphatic heterocycles. The SMILES string of the molecule is CCCCCOC(=O)CCCCCCCCC(C(C)C)C(C(=O)OCCCCC)C(C)C. The quantitative estimate of drug-likeness (QED) is 0.130. The van der Waals surface area contributed by atoms with Crippen LogP contribution in [0.15, 0.2) is 0 Å². The summed E-state index contributed by atoms with van der Waals surface area (Å²) in [5, 5.41) is 0. The highest BCUT2D eigenvalue weighted by Crippen LogP contribution is 2.33. The van der Waals surface area contributed by atoms with Gasteiger partial charge >= 0.3 is 11.9 Å². The molecule has 0 bridgehead atoms. The van der Waals surface area contributed by atoms with E-state index in [2.05, 4.69) is 41.5 Å². The second-order valence-electron chi connectivity index (χ2n) is 10.1. The Morgan fingerprint density at radius 2 is 1.16 bits per heavy atom. The Hall–Kier alpha value is -1.06. The van der Waals surface area contributed by atoms with Crippen LogP contribution >= 0.6 is 0 Å². The molecule has 0 aromatic rings. The summed E-state index contributed by atoms with van der Waals surface area (Å²) >= 11 is 0. The molecule has 0 radical (unpaired) electrons. The summed E-state index contributed by atoms with van der Waals surface area (Å²) in [5.74, 6) is 1.14. The molecule has 0 rings (SSSR count). The third kappa shape index (κ3) is 15.7. The maximum atomic E-state index is 12.8. The summed E-state index contributed by atoms with van der Waals surface area (Å²) in [7, 11) is 0. The van der Waals surface area contributed by atoms with Gasteiger partial charge in [-0.25, -0.2) is 0 Å². The fraction of sp³-hybridized carbons (Fsp3) is 0.929. The molecule has 190 valence electrons. The van der Waals surface area contributed by atoms with Crippen LogP contribution in [0, 0.1) is 23.7 Å². The molecule has 0 amide bonds. The number of rotatable bonds is 21. The van der Waals surface area contributed by atoms with Gasteiger partial charge in [0.05, 0.1) is 19.1 Å². The van der Waals surface area contributed by atoms with E-state index in [0.29, 0.717) is 37.4 Å². The summed E-state index contributed by atoms with van der Waals surface area (Å²) in [5.41, 5.74) is 0. The van der Waals surface area contributed by atoms with E-state index in [0.717, 1.165) is 64.2 Å².